The van der Waals surface area contributed by atoms with E-state index in [9.17, 15) is 0 Å². The van der Waals surface area contributed by atoms with Crippen LogP contribution in [0.15, 0.2) is 41.8 Å². The minimum Gasteiger partial charge on any atom is -0.144 e. The summed E-state index contributed by atoms with van der Waals surface area (Å²) >= 11 is 1.79. The van der Waals surface area contributed by atoms with E-state index >= 15 is 0 Å². The molecule has 2 rings (SSSR count). The summed E-state index contributed by atoms with van der Waals surface area (Å²) in [6, 6.07) is 13.2. The van der Waals surface area contributed by atoms with Crippen molar-refractivity contribution in [2.24, 2.45) is 0 Å². The highest BCUT2D eigenvalue weighted by molar-refractivity contribution is 7.13. The predicted molar refractivity (Wildman–Crippen MR) is 75.2 cm³/mol. The third-order valence-electron chi connectivity index (χ3n) is 2.56. The fourth-order valence-electron chi connectivity index (χ4n) is 1.58. The molecular weight excluding hydrogens is 212 g/mol. The molecule has 0 nitrogen and oxygen atoms in total. The van der Waals surface area contributed by atoms with E-state index in [-0.39, 0.29) is 12.8 Å². The van der Waals surface area contributed by atoms with Gasteiger partial charge in [0.2, 0.25) is 0 Å². The number of rotatable bonds is 1. The van der Waals surface area contributed by atoms with Crippen molar-refractivity contribution in [1.82, 2.24) is 0 Å². The monoisotopic (exact) mass is 232 g/mol. The Kier molecular flexibility index (Phi) is 3.93. The lowest BCUT2D eigenvalue weighted by Crippen LogP contribution is -2.10. The van der Waals surface area contributed by atoms with Crippen LogP contribution in [0.2, 0.25) is 0 Å². The molecule has 0 aliphatic heterocycles. The molecular formula is C15H20S. The van der Waals surface area contributed by atoms with Crippen LogP contribution in [0, 0.1) is 0 Å². The maximum absolute atomic E-state index is 2.24. The van der Waals surface area contributed by atoms with Crippen LogP contribution in [0.25, 0.3) is 10.4 Å². The third-order valence-corrected chi connectivity index (χ3v) is 3.48. The van der Waals surface area contributed by atoms with Gasteiger partial charge in [-0.15, -0.1) is 11.3 Å². The lowest BCUT2D eigenvalue weighted by Gasteiger charge is -2.18. The summed E-state index contributed by atoms with van der Waals surface area (Å²) in [4.78, 5) is 1.34. The normalized spacial score (nSPS) is 10.9. The van der Waals surface area contributed by atoms with Crippen molar-refractivity contribution in [2.45, 2.75) is 33.6 Å². The van der Waals surface area contributed by atoms with Gasteiger partial charge in [0.05, 0.1) is 0 Å². The van der Waals surface area contributed by atoms with Crippen LogP contribution in [-0.2, 0) is 5.41 Å². The van der Waals surface area contributed by atoms with Crippen molar-refractivity contribution >= 4 is 11.3 Å². The zero-order valence-electron chi connectivity index (χ0n) is 9.45. The molecule has 1 heterocycles. The molecule has 86 valence electrons. The maximum atomic E-state index is 2.24. The maximum Gasteiger partial charge on any atom is 0.0342 e. The summed E-state index contributed by atoms with van der Waals surface area (Å²) in [5, 5.41) is 2.12. The van der Waals surface area contributed by atoms with Crippen LogP contribution in [-0.4, -0.2) is 0 Å². The molecule has 0 atom stereocenters. The third kappa shape index (κ3) is 2.73. The summed E-state index contributed by atoms with van der Waals surface area (Å²) in [6.07, 6.45) is 0. The molecule has 0 N–H and O–H groups in total. The first-order valence-corrected chi connectivity index (χ1v) is 6.10. The smallest absolute Gasteiger partial charge is 0.0342 e. The second-order valence-corrected chi connectivity index (χ2v) is 5.75. The lowest BCUT2D eigenvalue weighted by atomic mass is 9.86. The highest BCUT2D eigenvalue weighted by Crippen LogP contribution is 2.28. The molecule has 0 amide bonds. The number of benzene rings is 1. The molecule has 0 aliphatic rings. The highest BCUT2D eigenvalue weighted by atomic mass is 32.1. The van der Waals surface area contributed by atoms with Gasteiger partial charge in [0.25, 0.3) is 0 Å². The molecule has 16 heavy (non-hydrogen) atoms. The first-order valence-electron chi connectivity index (χ1n) is 5.22. The minimum absolute atomic E-state index is 0. The minimum atomic E-state index is 0. The zero-order chi connectivity index (χ0) is 10.9. The Bertz CT molecular complexity index is 415. The molecule has 0 radical (unpaired) electrons. The molecule has 1 heteroatoms. The predicted octanol–water partition coefficient (Wildman–Crippen LogP) is 5.35. The van der Waals surface area contributed by atoms with Crippen molar-refractivity contribution in [1.29, 1.82) is 0 Å². The van der Waals surface area contributed by atoms with Crippen molar-refractivity contribution in [2.75, 3.05) is 0 Å². The van der Waals surface area contributed by atoms with Gasteiger partial charge in [0, 0.05) is 4.88 Å². The SMILES string of the molecule is C.CC(C)(C)c1ccc(-c2cccs2)cc1. The molecule has 0 aliphatic carbocycles. The molecule has 0 spiro atoms. The van der Waals surface area contributed by atoms with Crippen LogP contribution in [0.4, 0.5) is 0 Å². The van der Waals surface area contributed by atoms with Gasteiger partial charge in [0.1, 0.15) is 0 Å². The first kappa shape index (κ1) is 13.0. The van der Waals surface area contributed by atoms with E-state index in [0.29, 0.717) is 0 Å². The summed E-state index contributed by atoms with van der Waals surface area (Å²) in [5.74, 6) is 0. The Hall–Kier alpha value is -1.08. The molecule has 0 bridgehead atoms. The van der Waals surface area contributed by atoms with E-state index in [1.54, 1.807) is 11.3 Å². The topological polar surface area (TPSA) is 0 Å². The van der Waals surface area contributed by atoms with E-state index in [1.807, 2.05) is 0 Å². The summed E-state index contributed by atoms with van der Waals surface area (Å²) in [6.45, 7) is 6.73. The van der Waals surface area contributed by atoms with E-state index in [0.717, 1.165) is 0 Å². The van der Waals surface area contributed by atoms with Crippen LogP contribution < -0.4 is 0 Å². The molecule has 1 aromatic carbocycles. The van der Waals surface area contributed by atoms with Gasteiger partial charge >= 0.3 is 0 Å². The van der Waals surface area contributed by atoms with E-state index < -0.39 is 0 Å². The Morgan fingerprint density at radius 3 is 2.00 bits per heavy atom. The first-order chi connectivity index (χ1) is 7.07. The number of thiophene rings is 1. The number of hydrogen-bond acceptors (Lipinski definition) is 1. The molecule has 0 fully saturated rings. The molecule has 0 saturated carbocycles. The van der Waals surface area contributed by atoms with Gasteiger partial charge in [-0.05, 0) is 28.0 Å². The molecule has 0 unspecified atom stereocenters. The molecule has 1 aromatic heterocycles. The van der Waals surface area contributed by atoms with E-state index in [2.05, 4.69) is 62.5 Å². The fourth-order valence-corrected chi connectivity index (χ4v) is 2.31. The zero-order valence-corrected chi connectivity index (χ0v) is 10.3. The van der Waals surface area contributed by atoms with Gasteiger partial charge in [-0.1, -0.05) is 58.5 Å². The van der Waals surface area contributed by atoms with E-state index in [1.165, 1.54) is 16.0 Å². The van der Waals surface area contributed by atoms with Crippen LogP contribution in [0.5, 0.6) is 0 Å². The largest absolute Gasteiger partial charge is 0.144 e. The summed E-state index contributed by atoms with van der Waals surface area (Å²) in [5.41, 5.74) is 2.95. The van der Waals surface area contributed by atoms with Crippen molar-refractivity contribution in [3.8, 4) is 10.4 Å². The van der Waals surface area contributed by atoms with Gasteiger partial charge in [-0.25, -0.2) is 0 Å². The summed E-state index contributed by atoms with van der Waals surface area (Å²) in [7, 11) is 0. The molecule has 2 aromatic rings. The van der Waals surface area contributed by atoms with Crippen molar-refractivity contribution < 1.29 is 0 Å². The average Bonchev–Trinajstić information content (AvgIpc) is 2.69. The van der Waals surface area contributed by atoms with Gasteiger partial charge in [-0.3, -0.25) is 0 Å². The van der Waals surface area contributed by atoms with Gasteiger partial charge in [0.15, 0.2) is 0 Å². The Balaban J connectivity index is 0.00000128. The second kappa shape index (κ2) is 4.84. The van der Waals surface area contributed by atoms with Crippen LogP contribution in [0.1, 0.15) is 33.8 Å². The van der Waals surface area contributed by atoms with Crippen molar-refractivity contribution in [3.63, 3.8) is 0 Å². The Morgan fingerprint density at radius 2 is 1.56 bits per heavy atom. The van der Waals surface area contributed by atoms with Gasteiger partial charge in [-0.2, -0.15) is 0 Å². The van der Waals surface area contributed by atoms with Crippen LogP contribution in [0.3, 0.4) is 0 Å². The quantitative estimate of drug-likeness (QED) is 0.622. The fraction of sp³-hybridized carbons (Fsp3) is 0.333. The standard InChI is InChI=1S/C14H16S.CH4/c1-14(2,3)12-8-6-11(7-9-12)13-5-4-10-15-13;/h4-10H,1-3H3;1H4. The average molecular weight is 232 g/mol. The second-order valence-electron chi connectivity index (χ2n) is 4.80. The Morgan fingerprint density at radius 1 is 0.938 bits per heavy atom. The van der Waals surface area contributed by atoms with Crippen molar-refractivity contribution in [3.05, 3.63) is 47.3 Å². The van der Waals surface area contributed by atoms with E-state index in [4.69, 9.17) is 0 Å². The van der Waals surface area contributed by atoms with Gasteiger partial charge < -0.3 is 0 Å². The summed E-state index contributed by atoms with van der Waals surface area (Å²) < 4.78 is 0. The molecule has 0 saturated heterocycles. The highest BCUT2D eigenvalue weighted by Gasteiger charge is 2.12. The number of hydrogen-bond donors (Lipinski definition) is 0. The van der Waals surface area contributed by atoms with Crippen LogP contribution >= 0.6 is 11.3 Å². The lowest BCUT2D eigenvalue weighted by molar-refractivity contribution is 0.590. The Labute approximate surface area is 103 Å².